The molecule has 0 atom stereocenters. The maximum Gasteiger partial charge on any atom is 0.177 e. The van der Waals surface area contributed by atoms with E-state index < -0.39 is 0 Å². The van der Waals surface area contributed by atoms with Gasteiger partial charge in [-0.3, -0.25) is 9.48 Å². The Hall–Kier alpha value is -1.16. The molecular weight excluding hydrogens is 168 g/mol. The second-order valence-electron chi connectivity index (χ2n) is 2.94. The van der Waals surface area contributed by atoms with Crippen LogP contribution in [0.5, 0.6) is 0 Å². The average Bonchev–Trinajstić information content (AvgIpc) is 2.43. The van der Waals surface area contributed by atoms with Crippen LogP contribution >= 0.6 is 0 Å². The fourth-order valence-corrected chi connectivity index (χ4v) is 1.18. The summed E-state index contributed by atoms with van der Waals surface area (Å²) in [5, 5.41) is 4.19. The zero-order valence-electron chi connectivity index (χ0n) is 8.20. The highest BCUT2D eigenvalue weighted by molar-refractivity contribution is 5.92. The summed E-state index contributed by atoms with van der Waals surface area (Å²) >= 11 is 0. The molecule has 4 heteroatoms. The van der Waals surface area contributed by atoms with Crippen LogP contribution in [-0.2, 0) is 18.2 Å². The third-order valence-electron chi connectivity index (χ3n) is 1.85. The molecule has 0 saturated carbocycles. The summed E-state index contributed by atoms with van der Waals surface area (Å²) < 4.78 is 6.53. The molecule has 1 aromatic heterocycles. The lowest BCUT2D eigenvalue weighted by Crippen LogP contribution is -2.02. The van der Waals surface area contributed by atoms with Gasteiger partial charge in [-0.1, -0.05) is 0 Å². The number of rotatable bonds is 4. The Morgan fingerprint density at radius 2 is 2.38 bits per heavy atom. The molecule has 0 N–H and O–H groups in total. The van der Waals surface area contributed by atoms with E-state index in [0.29, 0.717) is 12.3 Å². The number of ketones is 1. The molecule has 1 aromatic rings. The predicted octanol–water partition coefficient (Wildman–Crippen LogP) is 0.812. The topological polar surface area (TPSA) is 44.1 Å². The van der Waals surface area contributed by atoms with Crippen molar-refractivity contribution in [3.8, 4) is 0 Å². The van der Waals surface area contributed by atoms with Gasteiger partial charge in [0.2, 0.25) is 0 Å². The normalized spacial score (nSPS) is 10.4. The van der Waals surface area contributed by atoms with Gasteiger partial charge in [0.25, 0.3) is 0 Å². The van der Waals surface area contributed by atoms with Crippen molar-refractivity contribution in [2.24, 2.45) is 7.05 Å². The van der Waals surface area contributed by atoms with E-state index in [4.69, 9.17) is 4.74 Å². The fraction of sp³-hybridized carbons (Fsp3) is 0.556. The zero-order valence-corrected chi connectivity index (χ0v) is 8.20. The number of carbonyl (C=O) groups excluding carboxylic acids is 1. The molecule has 72 valence electrons. The highest BCUT2D eigenvalue weighted by atomic mass is 16.5. The first-order valence-electron chi connectivity index (χ1n) is 4.18. The number of carbonyl (C=O) groups is 1. The van der Waals surface area contributed by atoms with Crippen molar-refractivity contribution in [2.75, 3.05) is 13.7 Å². The maximum atomic E-state index is 11.1. The predicted molar refractivity (Wildman–Crippen MR) is 48.8 cm³/mol. The number of methoxy groups -OCH3 is 1. The summed E-state index contributed by atoms with van der Waals surface area (Å²) in [5.74, 6) is 0.0404. The number of nitrogens with zero attached hydrogens (tertiary/aromatic N) is 2. The molecule has 4 nitrogen and oxygen atoms in total. The van der Waals surface area contributed by atoms with Crippen LogP contribution in [0.2, 0.25) is 0 Å². The molecule has 0 unspecified atom stereocenters. The van der Waals surface area contributed by atoms with Gasteiger partial charge in [-0.15, -0.1) is 0 Å². The van der Waals surface area contributed by atoms with Crippen LogP contribution < -0.4 is 0 Å². The summed E-state index contributed by atoms with van der Waals surface area (Å²) in [7, 11) is 3.42. The van der Waals surface area contributed by atoms with E-state index in [1.54, 1.807) is 24.9 Å². The van der Waals surface area contributed by atoms with Gasteiger partial charge in [-0.2, -0.15) is 5.10 Å². The van der Waals surface area contributed by atoms with Gasteiger partial charge in [0.05, 0.1) is 12.3 Å². The minimum absolute atomic E-state index is 0.0404. The molecule has 0 spiro atoms. The molecule has 0 fully saturated rings. The number of hydrogen-bond donors (Lipinski definition) is 0. The minimum atomic E-state index is 0.0404. The minimum Gasteiger partial charge on any atom is -0.384 e. The van der Waals surface area contributed by atoms with Crippen LogP contribution in [0, 0.1) is 0 Å². The van der Waals surface area contributed by atoms with E-state index in [2.05, 4.69) is 5.10 Å². The number of aryl methyl sites for hydroxylation is 1. The highest BCUT2D eigenvalue weighted by Crippen LogP contribution is 2.04. The Bertz CT molecular complexity index is 305. The number of hydrogen-bond acceptors (Lipinski definition) is 3. The fourth-order valence-electron chi connectivity index (χ4n) is 1.18. The van der Waals surface area contributed by atoms with E-state index in [-0.39, 0.29) is 5.78 Å². The van der Waals surface area contributed by atoms with Gasteiger partial charge in [0, 0.05) is 27.5 Å². The zero-order chi connectivity index (χ0) is 9.84. The van der Waals surface area contributed by atoms with Crippen LogP contribution in [0.15, 0.2) is 6.07 Å². The Balaban J connectivity index is 2.76. The van der Waals surface area contributed by atoms with Gasteiger partial charge >= 0.3 is 0 Å². The van der Waals surface area contributed by atoms with E-state index >= 15 is 0 Å². The lowest BCUT2D eigenvalue weighted by atomic mass is 10.2. The van der Waals surface area contributed by atoms with E-state index in [0.717, 1.165) is 12.1 Å². The molecular formula is C9H14N2O2. The maximum absolute atomic E-state index is 11.1. The van der Waals surface area contributed by atoms with Gasteiger partial charge in [-0.25, -0.2) is 0 Å². The molecule has 0 bridgehead atoms. The standard InChI is InChI=1S/C9H14N2O2/c1-7(12)9-6-8(4-5-13-3)10-11(9)2/h6H,4-5H2,1-3H3. The molecule has 0 aliphatic rings. The van der Waals surface area contributed by atoms with Crippen molar-refractivity contribution >= 4 is 5.78 Å². The molecule has 1 rings (SSSR count). The van der Waals surface area contributed by atoms with Crippen molar-refractivity contribution in [1.29, 1.82) is 0 Å². The molecule has 0 aliphatic heterocycles. The molecule has 0 amide bonds. The van der Waals surface area contributed by atoms with E-state index in [1.165, 1.54) is 6.92 Å². The lowest BCUT2D eigenvalue weighted by Gasteiger charge is -1.93. The van der Waals surface area contributed by atoms with E-state index in [1.807, 2.05) is 0 Å². The molecule has 0 saturated heterocycles. The molecule has 0 aliphatic carbocycles. The van der Waals surface area contributed by atoms with Gasteiger partial charge in [-0.05, 0) is 6.07 Å². The summed E-state index contributed by atoms with van der Waals surface area (Å²) in [6.07, 6.45) is 0.748. The third-order valence-corrected chi connectivity index (χ3v) is 1.85. The molecule has 0 radical (unpaired) electrons. The van der Waals surface area contributed by atoms with Gasteiger partial charge in [0.1, 0.15) is 5.69 Å². The Labute approximate surface area is 77.5 Å². The van der Waals surface area contributed by atoms with Crippen LogP contribution in [0.4, 0.5) is 0 Å². The molecule has 13 heavy (non-hydrogen) atoms. The first kappa shape index (κ1) is 9.92. The average molecular weight is 182 g/mol. The van der Waals surface area contributed by atoms with Crippen molar-refractivity contribution in [2.45, 2.75) is 13.3 Å². The van der Waals surface area contributed by atoms with Gasteiger partial charge in [0.15, 0.2) is 5.78 Å². The monoisotopic (exact) mass is 182 g/mol. The number of ether oxygens (including phenoxy) is 1. The van der Waals surface area contributed by atoms with Crippen LogP contribution in [0.25, 0.3) is 0 Å². The first-order valence-corrected chi connectivity index (χ1v) is 4.18. The number of Topliss-reactive ketones (excluding diaryl/α,β-unsaturated/α-hetero) is 1. The first-order chi connectivity index (χ1) is 6.15. The van der Waals surface area contributed by atoms with Crippen LogP contribution in [-0.4, -0.2) is 29.3 Å². The smallest absolute Gasteiger partial charge is 0.177 e. The summed E-state index contributed by atoms with van der Waals surface area (Å²) in [6.45, 7) is 2.17. The molecule has 1 heterocycles. The van der Waals surface area contributed by atoms with Crippen molar-refractivity contribution < 1.29 is 9.53 Å². The summed E-state index contributed by atoms with van der Waals surface area (Å²) in [5.41, 5.74) is 1.54. The highest BCUT2D eigenvalue weighted by Gasteiger charge is 2.08. The Morgan fingerprint density at radius 1 is 1.69 bits per heavy atom. The SMILES string of the molecule is COCCc1cc(C(C)=O)n(C)n1. The quantitative estimate of drug-likeness (QED) is 0.647. The largest absolute Gasteiger partial charge is 0.384 e. The molecule has 0 aromatic carbocycles. The lowest BCUT2D eigenvalue weighted by molar-refractivity contribution is 0.100. The number of aromatic nitrogens is 2. The second kappa shape index (κ2) is 4.18. The van der Waals surface area contributed by atoms with Crippen molar-refractivity contribution in [3.05, 3.63) is 17.5 Å². The van der Waals surface area contributed by atoms with Crippen LogP contribution in [0.3, 0.4) is 0 Å². The van der Waals surface area contributed by atoms with Crippen molar-refractivity contribution in [3.63, 3.8) is 0 Å². The second-order valence-corrected chi connectivity index (χ2v) is 2.94. The Morgan fingerprint density at radius 3 is 2.85 bits per heavy atom. The Kier molecular flexibility index (Phi) is 3.19. The van der Waals surface area contributed by atoms with Gasteiger partial charge < -0.3 is 4.74 Å². The summed E-state index contributed by atoms with van der Waals surface area (Å²) in [6, 6.07) is 1.81. The third kappa shape index (κ3) is 2.39. The summed E-state index contributed by atoms with van der Waals surface area (Å²) in [4.78, 5) is 11.1. The van der Waals surface area contributed by atoms with E-state index in [9.17, 15) is 4.79 Å². The van der Waals surface area contributed by atoms with Crippen molar-refractivity contribution in [1.82, 2.24) is 9.78 Å². The van der Waals surface area contributed by atoms with Crippen LogP contribution in [0.1, 0.15) is 23.1 Å².